The lowest BCUT2D eigenvalue weighted by Gasteiger charge is -2.57. The van der Waals surface area contributed by atoms with Crippen molar-refractivity contribution in [1.29, 1.82) is 0 Å². The number of rotatable bonds is 2. The van der Waals surface area contributed by atoms with Crippen molar-refractivity contribution in [2.24, 2.45) is 23.2 Å². The fraction of sp³-hybridized carbons (Fsp3) is 0.933. The zero-order chi connectivity index (χ0) is 11.5. The number of carbonyl (C=O) groups excluding carboxylic acids is 1. The van der Waals surface area contributed by atoms with Crippen LogP contribution >= 0.6 is 0 Å². The molecule has 4 saturated carbocycles. The van der Waals surface area contributed by atoms with Crippen molar-refractivity contribution in [3.8, 4) is 0 Å². The van der Waals surface area contributed by atoms with Crippen molar-refractivity contribution in [2.45, 2.75) is 51.4 Å². The molecule has 0 unspecified atom stereocenters. The third-order valence-corrected chi connectivity index (χ3v) is 5.86. The molecule has 1 amide bonds. The number of hydrogen-bond acceptors (Lipinski definition) is 1. The molecule has 0 N–H and O–H groups in total. The van der Waals surface area contributed by atoms with Crippen molar-refractivity contribution in [3.63, 3.8) is 0 Å². The molecule has 5 rings (SSSR count). The molecular formula is C15H23NO. The summed E-state index contributed by atoms with van der Waals surface area (Å²) >= 11 is 0. The van der Waals surface area contributed by atoms with E-state index in [4.69, 9.17) is 0 Å². The second kappa shape index (κ2) is 3.49. The van der Waals surface area contributed by atoms with Gasteiger partial charge in [0.15, 0.2) is 0 Å². The Morgan fingerprint density at radius 2 is 1.65 bits per heavy atom. The molecule has 0 aromatic carbocycles. The van der Waals surface area contributed by atoms with Gasteiger partial charge >= 0.3 is 0 Å². The summed E-state index contributed by atoms with van der Waals surface area (Å²) in [5.41, 5.74) is 0.550. The zero-order valence-electron chi connectivity index (χ0n) is 10.7. The van der Waals surface area contributed by atoms with Crippen LogP contribution in [0.4, 0.5) is 0 Å². The molecule has 2 nitrogen and oxygen atoms in total. The number of amides is 1. The fourth-order valence-corrected chi connectivity index (χ4v) is 5.76. The number of nitrogens with zero attached hydrogens (tertiary/aromatic N) is 1. The summed E-state index contributed by atoms with van der Waals surface area (Å²) in [6.45, 7) is 2.15. The molecule has 5 aliphatic rings. The van der Waals surface area contributed by atoms with Crippen LogP contribution in [0, 0.1) is 23.2 Å². The van der Waals surface area contributed by atoms with Crippen LogP contribution in [0.15, 0.2) is 0 Å². The lowest BCUT2D eigenvalue weighted by Crippen LogP contribution is -2.51. The van der Waals surface area contributed by atoms with Crippen molar-refractivity contribution >= 4 is 5.91 Å². The van der Waals surface area contributed by atoms with Crippen LogP contribution in [-0.4, -0.2) is 23.9 Å². The normalized spacial score (nSPS) is 48.1. The lowest BCUT2D eigenvalue weighted by molar-refractivity contribution is -0.133. The molecule has 0 spiro atoms. The van der Waals surface area contributed by atoms with Gasteiger partial charge in [-0.15, -0.1) is 0 Å². The standard InChI is InChI=1S/C15H23NO/c17-14-2-1-3-16(14)10-15-7-11-4-12(8-15)6-13(5-11)9-15/h11-13H,1-10H2. The van der Waals surface area contributed by atoms with Gasteiger partial charge in [0.25, 0.3) is 0 Å². The van der Waals surface area contributed by atoms with E-state index in [0.717, 1.165) is 43.7 Å². The maximum absolute atomic E-state index is 11.8. The van der Waals surface area contributed by atoms with Crippen LogP contribution in [-0.2, 0) is 4.79 Å². The Labute approximate surface area is 104 Å². The smallest absolute Gasteiger partial charge is 0.222 e. The van der Waals surface area contributed by atoms with E-state index in [2.05, 4.69) is 4.90 Å². The largest absolute Gasteiger partial charge is 0.342 e. The maximum Gasteiger partial charge on any atom is 0.222 e. The van der Waals surface area contributed by atoms with E-state index in [-0.39, 0.29) is 0 Å². The maximum atomic E-state index is 11.8. The van der Waals surface area contributed by atoms with Crippen molar-refractivity contribution in [1.82, 2.24) is 4.90 Å². The SMILES string of the molecule is O=C1CCCN1CC12CC3CC(CC(C3)C1)C2. The summed E-state index contributed by atoms with van der Waals surface area (Å²) < 4.78 is 0. The first-order chi connectivity index (χ1) is 8.22. The van der Waals surface area contributed by atoms with Gasteiger partial charge in [-0.25, -0.2) is 0 Å². The van der Waals surface area contributed by atoms with Crippen LogP contribution < -0.4 is 0 Å². The van der Waals surface area contributed by atoms with E-state index >= 15 is 0 Å². The Kier molecular flexibility index (Phi) is 2.13. The highest BCUT2D eigenvalue weighted by Gasteiger charge is 2.51. The first kappa shape index (κ1) is 10.4. The van der Waals surface area contributed by atoms with Crippen LogP contribution in [0.1, 0.15) is 51.4 Å². The predicted molar refractivity (Wildman–Crippen MR) is 66.4 cm³/mol. The van der Waals surface area contributed by atoms with Gasteiger partial charge in [0, 0.05) is 19.5 Å². The molecule has 5 fully saturated rings. The molecule has 4 aliphatic carbocycles. The fourth-order valence-electron chi connectivity index (χ4n) is 5.76. The van der Waals surface area contributed by atoms with Crippen molar-refractivity contribution in [2.75, 3.05) is 13.1 Å². The molecule has 0 radical (unpaired) electrons. The van der Waals surface area contributed by atoms with E-state index in [0.29, 0.717) is 11.3 Å². The molecule has 4 bridgehead atoms. The molecule has 0 atom stereocenters. The second-order valence-corrected chi connectivity index (χ2v) is 7.34. The molecule has 0 aromatic rings. The number of carbonyl (C=O) groups is 1. The molecule has 1 heterocycles. The van der Waals surface area contributed by atoms with E-state index in [9.17, 15) is 4.79 Å². The van der Waals surface area contributed by atoms with Gasteiger partial charge in [0.05, 0.1) is 0 Å². The van der Waals surface area contributed by atoms with Gasteiger partial charge in [-0.1, -0.05) is 0 Å². The van der Waals surface area contributed by atoms with Crippen molar-refractivity contribution < 1.29 is 4.79 Å². The predicted octanol–water partition coefficient (Wildman–Crippen LogP) is 2.83. The molecular weight excluding hydrogens is 210 g/mol. The van der Waals surface area contributed by atoms with Gasteiger partial charge in [0.2, 0.25) is 5.91 Å². The Balaban J connectivity index is 1.54. The highest BCUT2D eigenvalue weighted by Crippen LogP contribution is 2.60. The van der Waals surface area contributed by atoms with Gasteiger partial charge in [0.1, 0.15) is 0 Å². The van der Waals surface area contributed by atoms with E-state index in [1.165, 1.54) is 38.5 Å². The van der Waals surface area contributed by atoms with E-state index in [1.807, 2.05) is 0 Å². The van der Waals surface area contributed by atoms with Gasteiger partial charge in [-0.05, 0) is 68.1 Å². The van der Waals surface area contributed by atoms with Gasteiger partial charge in [-0.2, -0.15) is 0 Å². The summed E-state index contributed by atoms with van der Waals surface area (Å²) in [5.74, 6) is 3.47. The third kappa shape index (κ3) is 1.63. The van der Waals surface area contributed by atoms with Gasteiger partial charge in [-0.3, -0.25) is 4.79 Å². The minimum atomic E-state index is 0.431. The monoisotopic (exact) mass is 233 g/mol. The molecule has 0 aromatic heterocycles. The first-order valence-corrected chi connectivity index (χ1v) is 7.50. The average Bonchev–Trinajstić information content (AvgIpc) is 2.61. The molecule has 94 valence electrons. The Hall–Kier alpha value is -0.530. The highest BCUT2D eigenvalue weighted by atomic mass is 16.2. The van der Waals surface area contributed by atoms with Crippen LogP contribution in [0.25, 0.3) is 0 Å². The van der Waals surface area contributed by atoms with Crippen LogP contribution in [0.2, 0.25) is 0 Å². The second-order valence-electron chi connectivity index (χ2n) is 7.34. The minimum absolute atomic E-state index is 0.431. The first-order valence-electron chi connectivity index (χ1n) is 7.50. The Bertz CT molecular complexity index is 314. The van der Waals surface area contributed by atoms with Gasteiger partial charge < -0.3 is 4.90 Å². The summed E-state index contributed by atoms with van der Waals surface area (Å²) in [7, 11) is 0. The molecule has 1 saturated heterocycles. The topological polar surface area (TPSA) is 20.3 Å². The average molecular weight is 233 g/mol. The Morgan fingerprint density at radius 1 is 1.06 bits per heavy atom. The molecule has 17 heavy (non-hydrogen) atoms. The molecule has 2 heteroatoms. The van der Waals surface area contributed by atoms with E-state index < -0.39 is 0 Å². The lowest BCUT2D eigenvalue weighted by atomic mass is 9.49. The summed E-state index contributed by atoms with van der Waals surface area (Å²) in [5, 5.41) is 0. The number of hydrogen-bond donors (Lipinski definition) is 0. The summed E-state index contributed by atoms with van der Waals surface area (Å²) in [4.78, 5) is 14.0. The highest BCUT2D eigenvalue weighted by molar-refractivity contribution is 5.78. The van der Waals surface area contributed by atoms with E-state index in [1.54, 1.807) is 0 Å². The number of likely N-dealkylation sites (tertiary alicyclic amines) is 1. The third-order valence-electron chi connectivity index (χ3n) is 5.86. The molecule has 1 aliphatic heterocycles. The minimum Gasteiger partial charge on any atom is -0.342 e. The van der Waals surface area contributed by atoms with Crippen LogP contribution in [0.5, 0.6) is 0 Å². The summed E-state index contributed by atoms with van der Waals surface area (Å²) in [6.07, 6.45) is 10.7. The Morgan fingerprint density at radius 3 is 2.12 bits per heavy atom. The van der Waals surface area contributed by atoms with Crippen LogP contribution in [0.3, 0.4) is 0 Å². The quantitative estimate of drug-likeness (QED) is 0.718. The summed E-state index contributed by atoms with van der Waals surface area (Å²) in [6, 6.07) is 0. The van der Waals surface area contributed by atoms with Crippen molar-refractivity contribution in [3.05, 3.63) is 0 Å². The zero-order valence-corrected chi connectivity index (χ0v) is 10.7.